The second kappa shape index (κ2) is 4.82. The van der Waals surface area contributed by atoms with E-state index >= 15 is 0 Å². The van der Waals surface area contributed by atoms with Gasteiger partial charge in [-0.2, -0.15) is 0 Å². The number of halogens is 2. The minimum absolute atomic E-state index is 0.107. The van der Waals surface area contributed by atoms with Crippen LogP contribution in [0.25, 0.3) is 0 Å². The summed E-state index contributed by atoms with van der Waals surface area (Å²) >= 11 is 0. The molecule has 0 fully saturated rings. The molecule has 1 aromatic heterocycles. The van der Waals surface area contributed by atoms with Crippen LogP contribution in [0.2, 0.25) is 0 Å². The monoisotopic (exact) mass is 214 g/mol. The van der Waals surface area contributed by atoms with E-state index in [2.05, 4.69) is 4.98 Å². The predicted octanol–water partition coefficient (Wildman–Crippen LogP) is 1.99. The molecule has 15 heavy (non-hydrogen) atoms. The van der Waals surface area contributed by atoms with Gasteiger partial charge < -0.3 is 4.90 Å². The second-order valence-corrected chi connectivity index (χ2v) is 3.23. The molecule has 0 radical (unpaired) electrons. The van der Waals surface area contributed by atoms with Gasteiger partial charge in [0.1, 0.15) is 5.82 Å². The topological polar surface area (TPSA) is 33.2 Å². The first kappa shape index (κ1) is 11.6. The number of ketones is 1. The Hall–Kier alpha value is -1.52. The van der Waals surface area contributed by atoms with Gasteiger partial charge in [-0.1, -0.05) is 0 Å². The summed E-state index contributed by atoms with van der Waals surface area (Å²) in [4.78, 5) is 16.3. The largest absolute Gasteiger partial charge is 0.354 e. The number of pyridine rings is 1. The summed E-state index contributed by atoms with van der Waals surface area (Å²) in [7, 11) is 1.51. The van der Waals surface area contributed by atoms with E-state index < -0.39 is 13.0 Å². The first-order valence-corrected chi connectivity index (χ1v) is 4.47. The normalized spacial score (nSPS) is 10.5. The fourth-order valence-corrected chi connectivity index (χ4v) is 1.15. The van der Waals surface area contributed by atoms with E-state index in [0.29, 0.717) is 11.4 Å². The number of nitrogens with zero attached hydrogens (tertiary/aromatic N) is 2. The molecule has 0 aliphatic rings. The molecule has 1 rings (SSSR count). The van der Waals surface area contributed by atoms with Crippen LogP contribution in [0, 0.1) is 0 Å². The number of rotatable bonds is 4. The van der Waals surface area contributed by atoms with Gasteiger partial charge in [0.15, 0.2) is 5.78 Å². The summed E-state index contributed by atoms with van der Waals surface area (Å²) in [6, 6.07) is 3.06. The first-order chi connectivity index (χ1) is 7.00. The smallest absolute Gasteiger partial charge is 0.255 e. The summed E-state index contributed by atoms with van der Waals surface area (Å²) < 4.78 is 24.2. The molecule has 1 aromatic rings. The molecular formula is C10H12F2N2O. The Labute approximate surface area is 86.7 Å². The quantitative estimate of drug-likeness (QED) is 0.718. The Morgan fingerprint density at radius 3 is 2.80 bits per heavy atom. The second-order valence-electron chi connectivity index (χ2n) is 3.23. The van der Waals surface area contributed by atoms with Crippen LogP contribution in [0.3, 0.4) is 0 Å². The Bertz CT molecular complexity index is 355. The van der Waals surface area contributed by atoms with Crippen LogP contribution in [0.15, 0.2) is 18.3 Å². The van der Waals surface area contributed by atoms with Crippen molar-refractivity contribution in [2.45, 2.75) is 13.3 Å². The molecule has 0 spiro atoms. The van der Waals surface area contributed by atoms with Crippen LogP contribution in [0.1, 0.15) is 17.3 Å². The minimum Gasteiger partial charge on any atom is -0.354 e. The summed E-state index contributed by atoms with van der Waals surface area (Å²) in [5.74, 6) is 0.270. The molecule has 0 saturated carbocycles. The van der Waals surface area contributed by atoms with E-state index in [1.54, 1.807) is 6.07 Å². The Balaban J connectivity index is 2.85. The van der Waals surface area contributed by atoms with E-state index in [1.165, 1.54) is 31.1 Å². The van der Waals surface area contributed by atoms with Crippen molar-refractivity contribution in [2.24, 2.45) is 0 Å². The lowest BCUT2D eigenvalue weighted by Gasteiger charge is -2.17. The van der Waals surface area contributed by atoms with Crippen molar-refractivity contribution in [1.29, 1.82) is 0 Å². The van der Waals surface area contributed by atoms with E-state index in [1.807, 2.05) is 0 Å². The molecule has 0 aliphatic heterocycles. The van der Waals surface area contributed by atoms with Crippen molar-refractivity contribution < 1.29 is 13.6 Å². The van der Waals surface area contributed by atoms with E-state index in [-0.39, 0.29) is 5.78 Å². The predicted molar refractivity (Wildman–Crippen MR) is 53.5 cm³/mol. The number of Topliss-reactive ketones (excluding diaryl/α,β-unsaturated/α-hetero) is 1. The highest BCUT2D eigenvalue weighted by atomic mass is 19.3. The minimum atomic E-state index is -2.42. The average molecular weight is 214 g/mol. The fraction of sp³-hybridized carbons (Fsp3) is 0.400. The SMILES string of the molecule is CC(=O)c1ccnc(N(C)CC(F)F)c1. The van der Waals surface area contributed by atoms with Crippen LogP contribution in [-0.4, -0.2) is 30.8 Å². The van der Waals surface area contributed by atoms with Crippen molar-refractivity contribution in [3.8, 4) is 0 Å². The lowest BCUT2D eigenvalue weighted by molar-refractivity contribution is 0.101. The molecule has 0 aliphatic carbocycles. The number of carbonyl (C=O) groups excluding carboxylic acids is 1. The molecule has 0 aromatic carbocycles. The zero-order valence-electron chi connectivity index (χ0n) is 8.58. The highest BCUT2D eigenvalue weighted by Crippen LogP contribution is 2.12. The van der Waals surface area contributed by atoms with Crippen molar-refractivity contribution >= 4 is 11.6 Å². The molecule has 0 unspecified atom stereocenters. The van der Waals surface area contributed by atoms with Gasteiger partial charge >= 0.3 is 0 Å². The molecule has 0 saturated heterocycles. The maximum Gasteiger partial charge on any atom is 0.255 e. The van der Waals surface area contributed by atoms with Crippen molar-refractivity contribution in [3.05, 3.63) is 23.9 Å². The van der Waals surface area contributed by atoms with Gasteiger partial charge in [0.25, 0.3) is 6.43 Å². The van der Waals surface area contributed by atoms with Gasteiger partial charge in [-0.05, 0) is 19.1 Å². The number of aromatic nitrogens is 1. The molecule has 3 nitrogen and oxygen atoms in total. The third-order valence-corrected chi connectivity index (χ3v) is 1.95. The molecule has 0 atom stereocenters. The molecule has 5 heteroatoms. The summed E-state index contributed by atoms with van der Waals surface area (Å²) in [5.41, 5.74) is 0.473. The Kier molecular flexibility index (Phi) is 3.71. The van der Waals surface area contributed by atoms with Crippen molar-refractivity contribution in [2.75, 3.05) is 18.5 Å². The zero-order chi connectivity index (χ0) is 11.4. The van der Waals surface area contributed by atoms with Crippen LogP contribution in [0.4, 0.5) is 14.6 Å². The Morgan fingerprint density at radius 1 is 1.60 bits per heavy atom. The van der Waals surface area contributed by atoms with E-state index in [4.69, 9.17) is 0 Å². The van der Waals surface area contributed by atoms with Crippen molar-refractivity contribution in [3.63, 3.8) is 0 Å². The third-order valence-electron chi connectivity index (χ3n) is 1.95. The highest BCUT2D eigenvalue weighted by Gasteiger charge is 2.10. The van der Waals surface area contributed by atoms with E-state index in [9.17, 15) is 13.6 Å². The summed E-state index contributed by atoms with van der Waals surface area (Å²) in [6.45, 7) is 1.03. The first-order valence-electron chi connectivity index (χ1n) is 4.47. The van der Waals surface area contributed by atoms with Gasteiger partial charge in [-0.3, -0.25) is 4.79 Å². The molecule has 0 amide bonds. The van der Waals surface area contributed by atoms with Crippen LogP contribution >= 0.6 is 0 Å². The number of anilines is 1. The number of hydrogen-bond acceptors (Lipinski definition) is 3. The molecule has 0 N–H and O–H groups in total. The average Bonchev–Trinajstić information content (AvgIpc) is 2.17. The van der Waals surface area contributed by atoms with Gasteiger partial charge in [-0.25, -0.2) is 13.8 Å². The van der Waals surface area contributed by atoms with Gasteiger partial charge in [0.05, 0.1) is 6.54 Å². The van der Waals surface area contributed by atoms with Crippen LogP contribution < -0.4 is 4.90 Å². The van der Waals surface area contributed by atoms with Crippen LogP contribution in [0.5, 0.6) is 0 Å². The van der Waals surface area contributed by atoms with E-state index in [0.717, 1.165) is 0 Å². The summed E-state index contributed by atoms with van der Waals surface area (Å²) in [5, 5.41) is 0. The number of hydrogen-bond donors (Lipinski definition) is 0. The third kappa shape index (κ3) is 3.27. The zero-order valence-corrected chi connectivity index (χ0v) is 8.58. The lowest BCUT2D eigenvalue weighted by Crippen LogP contribution is -2.25. The van der Waals surface area contributed by atoms with Crippen molar-refractivity contribution in [1.82, 2.24) is 4.98 Å². The molecule has 0 bridgehead atoms. The van der Waals surface area contributed by atoms with Gasteiger partial charge in [-0.15, -0.1) is 0 Å². The van der Waals surface area contributed by atoms with Crippen LogP contribution in [-0.2, 0) is 0 Å². The highest BCUT2D eigenvalue weighted by molar-refractivity contribution is 5.94. The fourth-order valence-electron chi connectivity index (χ4n) is 1.15. The maximum atomic E-state index is 12.1. The lowest BCUT2D eigenvalue weighted by atomic mass is 10.2. The van der Waals surface area contributed by atoms with Gasteiger partial charge in [0.2, 0.25) is 0 Å². The summed E-state index contributed by atoms with van der Waals surface area (Å²) in [6.07, 6.45) is -0.980. The van der Waals surface area contributed by atoms with Gasteiger partial charge in [0, 0.05) is 18.8 Å². The standard InChI is InChI=1S/C10H12F2N2O/c1-7(15)8-3-4-13-10(5-8)14(2)6-9(11)12/h3-5,9H,6H2,1-2H3. The number of alkyl halides is 2. The molecule has 1 heterocycles. The number of carbonyl (C=O) groups is 1. The Morgan fingerprint density at radius 2 is 2.27 bits per heavy atom. The molecular weight excluding hydrogens is 202 g/mol. The maximum absolute atomic E-state index is 12.1. The molecule has 82 valence electrons.